The van der Waals surface area contributed by atoms with Gasteiger partial charge in [-0.3, -0.25) is 4.84 Å². The van der Waals surface area contributed by atoms with Crippen LogP contribution in [0.3, 0.4) is 0 Å². The van der Waals surface area contributed by atoms with Gasteiger partial charge in [0.15, 0.2) is 0 Å². The predicted octanol–water partition coefficient (Wildman–Crippen LogP) is 1.30. The predicted molar refractivity (Wildman–Crippen MR) is 50.1 cm³/mol. The summed E-state index contributed by atoms with van der Waals surface area (Å²) >= 11 is 0. The Hall–Kier alpha value is -1.03. The number of hydrogen-bond donors (Lipinski definition) is 1. The van der Waals surface area contributed by atoms with Gasteiger partial charge in [0.2, 0.25) is 0 Å². The van der Waals surface area contributed by atoms with Gasteiger partial charge in [0, 0.05) is 13.1 Å². The molecule has 13 heavy (non-hydrogen) atoms. The van der Waals surface area contributed by atoms with Gasteiger partial charge >= 0.3 is 6.03 Å². The highest BCUT2D eigenvalue weighted by molar-refractivity contribution is 5.73. The molecule has 1 rings (SSSR count). The lowest BCUT2D eigenvalue weighted by molar-refractivity contribution is 0.0876. The van der Waals surface area contributed by atoms with Crippen molar-refractivity contribution in [1.29, 1.82) is 0 Å². The Labute approximate surface area is 78.5 Å². The summed E-state index contributed by atoms with van der Waals surface area (Å²) in [6, 6.07) is -0.158. The topological polar surface area (TPSA) is 41.6 Å². The maximum atomic E-state index is 11.3. The molecule has 0 spiro atoms. The van der Waals surface area contributed by atoms with Gasteiger partial charge in [0.1, 0.15) is 0 Å². The van der Waals surface area contributed by atoms with Gasteiger partial charge in [-0.1, -0.05) is 11.1 Å². The summed E-state index contributed by atoms with van der Waals surface area (Å²) in [5, 5.41) is 0. The van der Waals surface area contributed by atoms with Crippen molar-refractivity contribution in [2.45, 2.75) is 20.3 Å². The fourth-order valence-electron chi connectivity index (χ4n) is 1.34. The lowest BCUT2D eigenvalue weighted by atomic mass is 10.0. The number of hydrogen-bond acceptors (Lipinski definition) is 2. The van der Waals surface area contributed by atoms with Gasteiger partial charge in [-0.15, -0.1) is 0 Å². The molecule has 74 valence electrons. The Bertz CT molecular complexity index is 236. The largest absolute Gasteiger partial charge is 0.341 e. The van der Waals surface area contributed by atoms with E-state index in [0.29, 0.717) is 6.54 Å². The quantitative estimate of drug-likeness (QED) is 0.493. The molecule has 0 bridgehead atoms. The number of rotatable bonds is 1. The Morgan fingerprint density at radius 1 is 1.46 bits per heavy atom. The highest BCUT2D eigenvalue weighted by Crippen LogP contribution is 2.16. The SMILES string of the molecule is CONC(=O)N1CCC(C)=C(C)C1. The average Bonchev–Trinajstić information content (AvgIpc) is 2.10. The number of carbonyl (C=O) groups is 1. The van der Waals surface area contributed by atoms with Gasteiger partial charge in [0.05, 0.1) is 7.11 Å². The third-order valence-corrected chi connectivity index (χ3v) is 2.39. The van der Waals surface area contributed by atoms with E-state index in [-0.39, 0.29) is 6.03 Å². The second kappa shape index (κ2) is 4.28. The van der Waals surface area contributed by atoms with E-state index in [9.17, 15) is 4.79 Å². The van der Waals surface area contributed by atoms with Gasteiger partial charge in [-0.05, 0) is 20.3 Å². The van der Waals surface area contributed by atoms with Crippen LogP contribution in [0.25, 0.3) is 0 Å². The van der Waals surface area contributed by atoms with E-state index in [4.69, 9.17) is 0 Å². The van der Waals surface area contributed by atoms with Crippen LogP contribution in [0.4, 0.5) is 4.79 Å². The highest BCUT2D eigenvalue weighted by Gasteiger charge is 2.18. The van der Waals surface area contributed by atoms with Crippen LogP contribution in [0.15, 0.2) is 11.1 Å². The van der Waals surface area contributed by atoms with Crippen LogP contribution in [0, 0.1) is 0 Å². The second-order valence-electron chi connectivity index (χ2n) is 3.34. The number of amides is 2. The summed E-state index contributed by atoms with van der Waals surface area (Å²) in [6.45, 7) is 5.65. The summed E-state index contributed by atoms with van der Waals surface area (Å²) < 4.78 is 0. The summed E-state index contributed by atoms with van der Waals surface area (Å²) in [6.07, 6.45) is 0.961. The van der Waals surface area contributed by atoms with Crippen LogP contribution < -0.4 is 5.48 Å². The summed E-state index contributed by atoms with van der Waals surface area (Å²) in [7, 11) is 1.44. The third kappa shape index (κ3) is 2.45. The minimum Gasteiger partial charge on any atom is -0.319 e. The third-order valence-electron chi connectivity index (χ3n) is 2.39. The number of nitrogens with one attached hydrogen (secondary N) is 1. The van der Waals surface area contributed by atoms with Crippen molar-refractivity contribution in [1.82, 2.24) is 10.4 Å². The Morgan fingerprint density at radius 3 is 2.69 bits per heavy atom. The first-order chi connectivity index (χ1) is 6.15. The van der Waals surface area contributed by atoms with Gasteiger partial charge < -0.3 is 4.90 Å². The van der Waals surface area contributed by atoms with Gasteiger partial charge in [-0.2, -0.15) is 0 Å². The van der Waals surface area contributed by atoms with Crippen LogP contribution in [0.1, 0.15) is 20.3 Å². The molecule has 4 heteroatoms. The molecule has 4 nitrogen and oxygen atoms in total. The maximum Gasteiger partial charge on any atom is 0.341 e. The molecule has 0 aromatic rings. The zero-order valence-corrected chi connectivity index (χ0v) is 8.39. The van der Waals surface area contributed by atoms with Crippen molar-refractivity contribution < 1.29 is 9.63 Å². The molecule has 0 unspecified atom stereocenters. The molecule has 0 aromatic heterocycles. The smallest absolute Gasteiger partial charge is 0.319 e. The molecule has 1 aliphatic heterocycles. The molecule has 0 atom stereocenters. The Kier molecular flexibility index (Phi) is 3.31. The molecule has 0 aromatic carbocycles. The molecular weight excluding hydrogens is 168 g/mol. The molecule has 0 saturated carbocycles. The molecule has 1 aliphatic rings. The van der Waals surface area contributed by atoms with Gasteiger partial charge in [0.25, 0.3) is 0 Å². The van der Waals surface area contributed by atoms with E-state index in [1.807, 2.05) is 0 Å². The monoisotopic (exact) mass is 184 g/mol. The minimum atomic E-state index is -0.158. The zero-order valence-electron chi connectivity index (χ0n) is 8.39. The van der Waals surface area contributed by atoms with Crippen LogP contribution in [0.2, 0.25) is 0 Å². The van der Waals surface area contributed by atoms with Crippen molar-refractivity contribution >= 4 is 6.03 Å². The van der Waals surface area contributed by atoms with E-state index in [2.05, 4.69) is 24.2 Å². The molecule has 0 radical (unpaired) electrons. The van der Waals surface area contributed by atoms with E-state index in [1.54, 1.807) is 4.90 Å². The lowest BCUT2D eigenvalue weighted by Crippen LogP contribution is -2.42. The summed E-state index contributed by atoms with van der Waals surface area (Å²) in [4.78, 5) is 17.6. The molecule has 1 N–H and O–H groups in total. The van der Waals surface area contributed by atoms with Crippen molar-refractivity contribution in [3.8, 4) is 0 Å². The van der Waals surface area contributed by atoms with E-state index in [0.717, 1.165) is 13.0 Å². The van der Waals surface area contributed by atoms with Crippen molar-refractivity contribution in [2.24, 2.45) is 0 Å². The van der Waals surface area contributed by atoms with Crippen molar-refractivity contribution in [2.75, 3.05) is 20.2 Å². The maximum absolute atomic E-state index is 11.3. The lowest BCUT2D eigenvalue weighted by Gasteiger charge is -2.28. The first-order valence-corrected chi connectivity index (χ1v) is 4.38. The van der Waals surface area contributed by atoms with E-state index in [1.165, 1.54) is 18.3 Å². The van der Waals surface area contributed by atoms with Crippen molar-refractivity contribution in [3.63, 3.8) is 0 Å². The molecule has 0 aliphatic carbocycles. The normalized spacial score (nSPS) is 17.6. The van der Waals surface area contributed by atoms with Crippen LogP contribution in [-0.2, 0) is 4.84 Å². The number of hydroxylamine groups is 1. The standard InChI is InChI=1S/C9H16N2O2/c1-7-4-5-11(6-8(7)2)9(12)10-13-3/h4-6H2,1-3H3,(H,10,12). The number of carbonyl (C=O) groups excluding carboxylic acids is 1. The van der Waals surface area contributed by atoms with Crippen LogP contribution >= 0.6 is 0 Å². The fraction of sp³-hybridized carbons (Fsp3) is 0.667. The molecule has 1 heterocycles. The van der Waals surface area contributed by atoms with Crippen molar-refractivity contribution in [3.05, 3.63) is 11.1 Å². The average molecular weight is 184 g/mol. The van der Waals surface area contributed by atoms with E-state index >= 15 is 0 Å². The number of nitrogens with zero attached hydrogens (tertiary/aromatic N) is 1. The molecule has 2 amide bonds. The first kappa shape index (κ1) is 10.1. The molecular formula is C9H16N2O2. The number of urea groups is 1. The first-order valence-electron chi connectivity index (χ1n) is 4.38. The van der Waals surface area contributed by atoms with Gasteiger partial charge in [-0.25, -0.2) is 10.3 Å². The Morgan fingerprint density at radius 2 is 2.15 bits per heavy atom. The minimum absolute atomic E-state index is 0.158. The summed E-state index contributed by atoms with van der Waals surface area (Å²) in [5.74, 6) is 0. The highest BCUT2D eigenvalue weighted by atomic mass is 16.6. The Balaban J connectivity index is 2.53. The summed E-state index contributed by atoms with van der Waals surface area (Å²) in [5.41, 5.74) is 4.98. The van der Waals surface area contributed by atoms with E-state index < -0.39 is 0 Å². The molecule has 0 fully saturated rings. The fourth-order valence-corrected chi connectivity index (χ4v) is 1.34. The zero-order chi connectivity index (χ0) is 9.84. The van der Waals surface area contributed by atoms with Crippen LogP contribution in [0.5, 0.6) is 0 Å². The molecule has 0 saturated heterocycles. The van der Waals surface area contributed by atoms with Crippen LogP contribution in [-0.4, -0.2) is 31.1 Å². The second-order valence-corrected chi connectivity index (χ2v) is 3.34.